The van der Waals surface area contributed by atoms with E-state index in [0.717, 1.165) is 11.1 Å². The summed E-state index contributed by atoms with van der Waals surface area (Å²) < 4.78 is 36.4. The second-order valence-corrected chi connectivity index (χ2v) is 11.4. The smallest absolute Gasteiger partial charge is 0.320 e. The molecular formula is C24H30O6S2. The summed E-state index contributed by atoms with van der Waals surface area (Å²) in [7, 11) is -1.22. The van der Waals surface area contributed by atoms with E-state index in [1.165, 1.54) is 14.2 Å². The Balaban J connectivity index is 2.69. The van der Waals surface area contributed by atoms with Crippen molar-refractivity contribution in [3.8, 4) is 0 Å². The normalized spacial score (nSPS) is 14.3. The first-order valence-corrected chi connectivity index (χ1v) is 12.6. The minimum Gasteiger partial charge on any atom is -0.468 e. The van der Waals surface area contributed by atoms with E-state index in [1.54, 1.807) is 38.1 Å². The first kappa shape index (κ1) is 25.9. The highest BCUT2D eigenvalue weighted by molar-refractivity contribution is 8.03. The minimum absolute atomic E-state index is 0.327. The van der Waals surface area contributed by atoms with Gasteiger partial charge in [-0.15, -0.1) is 0 Å². The lowest BCUT2D eigenvalue weighted by Crippen LogP contribution is -2.45. The molecular weight excluding hydrogens is 448 g/mol. The molecule has 2 aromatic rings. The fraction of sp³-hybridized carbons (Fsp3) is 0.417. The first-order chi connectivity index (χ1) is 15.1. The van der Waals surface area contributed by atoms with Gasteiger partial charge in [-0.25, -0.2) is 0 Å². The van der Waals surface area contributed by atoms with Crippen LogP contribution in [0, 0.1) is 31.6 Å². The van der Waals surface area contributed by atoms with Crippen molar-refractivity contribution in [2.24, 2.45) is 17.8 Å². The van der Waals surface area contributed by atoms with Gasteiger partial charge >= 0.3 is 11.9 Å². The van der Waals surface area contributed by atoms with Crippen LogP contribution < -0.4 is 0 Å². The Kier molecular flexibility index (Phi) is 9.33. The Morgan fingerprint density at radius 1 is 0.719 bits per heavy atom. The van der Waals surface area contributed by atoms with Crippen molar-refractivity contribution in [2.75, 3.05) is 14.2 Å². The number of carbonyl (C=O) groups excluding carboxylic acids is 2. The fourth-order valence-corrected chi connectivity index (χ4v) is 7.66. The second-order valence-electron chi connectivity index (χ2n) is 7.93. The largest absolute Gasteiger partial charge is 0.468 e. The summed E-state index contributed by atoms with van der Waals surface area (Å²) in [4.78, 5) is 26.2. The summed E-state index contributed by atoms with van der Waals surface area (Å²) >= 11 is 0. The zero-order valence-corrected chi connectivity index (χ0v) is 20.8. The quantitative estimate of drug-likeness (QED) is 0.403. The number of benzene rings is 2. The highest BCUT2D eigenvalue weighted by Gasteiger charge is 2.47. The SMILES string of the molecule is COC(=O)C(C(=O)OC)[C@@H](C(C)C)C([S@@](=O)c1ccc(C)cc1)[S@@](=O)c1ccc(C)cc1. The highest BCUT2D eigenvalue weighted by atomic mass is 32.2. The number of esters is 2. The molecule has 174 valence electrons. The number of aryl methyl sites for hydroxylation is 2. The van der Waals surface area contributed by atoms with Crippen LogP contribution in [0.15, 0.2) is 58.3 Å². The summed E-state index contributed by atoms with van der Waals surface area (Å²) in [6, 6.07) is 14.1. The maximum Gasteiger partial charge on any atom is 0.320 e. The lowest BCUT2D eigenvalue weighted by molar-refractivity contribution is -0.162. The Morgan fingerprint density at radius 2 is 1.06 bits per heavy atom. The molecule has 0 amide bonds. The van der Waals surface area contributed by atoms with Gasteiger partial charge in [0, 0.05) is 15.7 Å². The highest BCUT2D eigenvalue weighted by Crippen LogP contribution is 2.36. The zero-order chi connectivity index (χ0) is 24.0. The number of rotatable bonds is 9. The van der Waals surface area contributed by atoms with Crippen molar-refractivity contribution in [2.45, 2.75) is 42.1 Å². The van der Waals surface area contributed by atoms with Crippen molar-refractivity contribution < 1.29 is 27.5 Å². The van der Waals surface area contributed by atoms with Crippen molar-refractivity contribution >= 4 is 33.5 Å². The molecule has 0 radical (unpaired) electrons. The Bertz CT molecular complexity index is 909. The lowest BCUT2D eigenvalue weighted by Gasteiger charge is -2.32. The average Bonchev–Trinajstić information content (AvgIpc) is 2.78. The van der Waals surface area contributed by atoms with Gasteiger partial charge in [-0.05, 0) is 44.0 Å². The van der Waals surface area contributed by atoms with Gasteiger partial charge in [0.2, 0.25) is 0 Å². The summed E-state index contributed by atoms with van der Waals surface area (Å²) in [5, 5.41) is 0. The third kappa shape index (κ3) is 5.92. The summed E-state index contributed by atoms with van der Waals surface area (Å²) in [6.45, 7) is 7.43. The topological polar surface area (TPSA) is 86.7 Å². The molecule has 0 heterocycles. The van der Waals surface area contributed by atoms with Gasteiger partial charge < -0.3 is 9.47 Å². The van der Waals surface area contributed by atoms with E-state index in [-0.39, 0.29) is 5.92 Å². The second kappa shape index (κ2) is 11.5. The van der Waals surface area contributed by atoms with Gasteiger partial charge in [0.1, 0.15) is 4.58 Å². The third-order valence-corrected chi connectivity index (χ3v) is 9.30. The molecule has 0 fully saturated rings. The van der Waals surface area contributed by atoms with Gasteiger partial charge in [0.15, 0.2) is 5.92 Å². The fourth-order valence-electron chi connectivity index (χ4n) is 3.50. The summed E-state index contributed by atoms with van der Waals surface area (Å²) in [6.07, 6.45) is 0. The van der Waals surface area contributed by atoms with E-state index in [1.807, 2.05) is 38.1 Å². The monoisotopic (exact) mass is 478 g/mol. The van der Waals surface area contributed by atoms with Crippen LogP contribution in [0.2, 0.25) is 0 Å². The number of ether oxygens (including phenoxy) is 2. The maximum atomic E-state index is 13.8. The molecule has 2 aromatic carbocycles. The van der Waals surface area contributed by atoms with Gasteiger partial charge in [0.05, 0.1) is 35.8 Å². The molecule has 0 saturated carbocycles. The van der Waals surface area contributed by atoms with Crippen molar-refractivity contribution in [3.63, 3.8) is 0 Å². The van der Waals surface area contributed by atoms with Crippen LogP contribution in [0.3, 0.4) is 0 Å². The molecule has 2 rings (SSSR count). The molecule has 0 N–H and O–H groups in total. The summed E-state index contributed by atoms with van der Waals surface area (Å²) in [5.74, 6) is -4.16. The zero-order valence-electron chi connectivity index (χ0n) is 19.2. The molecule has 0 bridgehead atoms. The molecule has 0 saturated heterocycles. The van der Waals surface area contributed by atoms with Gasteiger partial charge in [-0.2, -0.15) is 0 Å². The maximum absolute atomic E-state index is 13.8. The third-order valence-electron chi connectivity index (χ3n) is 5.31. The molecule has 0 aliphatic heterocycles. The predicted octanol–water partition coefficient (Wildman–Crippen LogP) is 3.78. The van der Waals surface area contributed by atoms with Gasteiger partial charge in [0.25, 0.3) is 0 Å². The summed E-state index contributed by atoms with van der Waals surface area (Å²) in [5.41, 5.74) is 1.98. The van der Waals surface area contributed by atoms with E-state index in [2.05, 4.69) is 0 Å². The first-order valence-electron chi connectivity index (χ1n) is 10.2. The molecule has 0 aliphatic rings. The molecule has 8 heteroatoms. The van der Waals surface area contributed by atoms with Crippen LogP contribution in [0.25, 0.3) is 0 Å². The van der Waals surface area contributed by atoms with Crippen LogP contribution in [0.4, 0.5) is 0 Å². The molecule has 6 nitrogen and oxygen atoms in total. The molecule has 0 aliphatic carbocycles. The number of hydrogen-bond acceptors (Lipinski definition) is 6. The molecule has 32 heavy (non-hydrogen) atoms. The van der Waals surface area contributed by atoms with E-state index in [0.29, 0.717) is 9.79 Å². The lowest BCUT2D eigenvalue weighted by atomic mass is 9.84. The average molecular weight is 479 g/mol. The van der Waals surface area contributed by atoms with Crippen LogP contribution >= 0.6 is 0 Å². The Hall–Kier alpha value is -2.32. The molecule has 3 atom stereocenters. The van der Waals surface area contributed by atoms with E-state index in [9.17, 15) is 18.0 Å². The standard InChI is InChI=1S/C24H30O6S2/c1-15(2)20(21(22(25)29-5)23(26)30-6)24(31(27)18-11-7-16(3)8-12-18)32(28)19-13-9-17(4)10-14-19/h7-15,20-21,24H,1-6H3/t20-,31+,32+/m1/s1. The van der Waals surface area contributed by atoms with Crippen molar-refractivity contribution in [3.05, 3.63) is 59.7 Å². The molecule has 0 spiro atoms. The van der Waals surface area contributed by atoms with E-state index in [4.69, 9.17) is 9.47 Å². The Morgan fingerprint density at radius 3 is 1.34 bits per heavy atom. The van der Waals surface area contributed by atoms with Crippen molar-refractivity contribution in [1.82, 2.24) is 0 Å². The van der Waals surface area contributed by atoms with E-state index >= 15 is 0 Å². The number of methoxy groups -OCH3 is 2. The van der Waals surface area contributed by atoms with Crippen LogP contribution in [-0.4, -0.2) is 39.2 Å². The number of hydrogen-bond donors (Lipinski definition) is 0. The molecule has 0 aromatic heterocycles. The van der Waals surface area contributed by atoms with Crippen LogP contribution in [0.1, 0.15) is 25.0 Å². The number of carbonyl (C=O) groups is 2. The Labute approximate surface area is 194 Å². The van der Waals surface area contributed by atoms with Gasteiger partial charge in [-0.3, -0.25) is 18.0 Å². The molecule has 0 unspecified atom stereocenters. The predicted molar refractivity (Wildman–Crippen MR) is 125 cm³/mol. The van der Waals surface area contributed by atoms with E-state index < -0.39 is 50.0 Å². The minimum atomic E-state index is -1.79. The van der Waals surface area contributed by atoms with Crippen LogP contribution in [0.5, 0.6) is 0 Å². The van der Waals surface area contributed by atoms with Crippen molar-refractivity contribution in [1.29, 1.82) is 0 Å². The van der Waals surface area contributed by atoms with Crippen LogP contribution in [-0.2, 0) is 40.7 Å². The van der Waals surface area contributed by atoms with Gasteiger partial charge in [-0.1, -0.05) is 49.2 Å².